The summed E-state index contributed by atoms with van der Waals surface area (Å²) in [6.45, 7) is 13.1. The minimum absolute atomic E-state index is 0.117. The number of nitrogens with one attached hydrogen (secondary N) is 1. The van der Waals surface area contributed by atoms with E-state index in [1.54, 1.807) is 0 Å². The number of hydrogen-bond acceptors (Lipinski definition) is 4. The van der Waals surface area contributed by atoms with E-state index in [4.69, 9.17) is 4.42 Å². The standard InChI is InChI=1S/C21H28BrN3O2/c1-4-24-9-11-25(12-10-24)14-18-7-5-17(6-8-18)13-23-21(26)19-15(2)27-16(3)20(19)22/h5-8H,4,9-14H2,1-3H3,(H,23,26). The normalized spacial score (nSPS) is 15.9. The van der Waals surface area contributed by atoms with E-state index in [9.17, 15) is 4.79 Å². The lowest BCUT2D eigenvalue weighted by Gasteiger charge is -2.34. The zero-order chi connectivity index (χ0) is 19.4. The van der Waals surface area contributed by atoms with Crippen LogP contribution >= 0.6 is 15.9 Å². The highest BCUT2D eigenvalue weighted by atomic mass is 79.9. The molecule has 0 spiro atoms. The molecule has 5 nitrogen and oxygen atoms in total. The first-order valence-corrected chi connectivity index (χ1v) is 10.3. The van der Waals surface area contributed by atoms with Crippen LogP contribution in [0.4, 0.5) is 0 Å². The Balaban J connectivity index is 1.51. The summed E-state index contributed by atoms with van der Waals surface area (Å²) in [5.41, 5.74) is 2.99. The third-order valence-corrected chi connectivity index (χ3v) is 6.16. The maximum absolute atomic E-state index is 12.4. The molecule has 1 aliphatic heterocycles. The molecule has 0 atom stereocenters. The summed E-state index contributed by atoms with van der Waals surface area (Å²) in [7, 11) is 0. The average molecular weight is 434 g/mol. The van der Waals surface area contributed by atoms with Crippen LogP contribution in [0.3, 0.4) is 0 Å². The Morgan fingerprint density at radius 2 is 1.63 bits per heavy atom. The lowest BCUT2D eigenvalue weighted by molar-refractivity contribution is 0.0948. The average Bonchev–Trinajstić information content (AvgIpc) is 2.93. The van der Waals surface area contributed by atoms with Gasteiger partial charge < -0.3 is 14.6 Å². The predicted octanol–water partition coefficient (Wildman–Crippen LogP) is 3.73. The van der Waals surface area contributed by atoms with Gasteiger partial charge in [-0.15, -0.1) is 0 Å². The van der Waals surface area contributed by atoms with E-state index >= 15 is 0 Å². The van der Waals surface area contributed by atoms with Crippen LogP contribution in [0.5, 0.6) is 0 Å². The Hall–Kier alpha value is -1.63. The monoisotopic (exact) mass is 433 g/mol. The van der Waals surface area contributed by atoms with Gasteiger partial charge in [0.2, 0.25) is 0 Å². The van der Waals surface area contributed by atoms with Crippen molar-refractivity contribution in [3.8, 4) is 0 Å². The van der Waals surface area contributed by atoms with Crippen molar-refractivity contribution in [3.05, 3.63) is 56.9 Å². The van der Waals surface area contributed by atoms with Gasteiger partial charge in [0.05, 0.1) is 10.0 Å². The molecular formula is C21H28BrN3O2. The Labute approximate surface area is 169 Å². The summed E-state index contributed by atoms with van der Waals surface area (Å²) in [5.74, 6) is 1.24. The van der Waals surface area contributed by atoms with Gasteiger partial charge in [0.1, 0.15) is 11.5 Å². The van der Waals surface area contributed by atoms with Crippen molar-refractivity contribution in [2.45, 2.75) is 33.9 Å². The van der Waals surface area contributed by atoms with Gasteiger partial charge in [0.15, 0.2) is 0 Å². The zero-order valence-electron chi connectivity index (χ0n) is 16.3. The van der Waals surface area contributed by atoms with E-state index in [0.29, 0.717) is 17.9 Å². The minimum Gasteiger partial charge on any atom is -0.465 e. The fourth-order valence-corrected chi connectivity index (χ4v) is 4.01. The van der Waals surface area contributed by atoms with Gasteiger partial charge >= 0.3 is 0 Å². The van der Waals surface area contributed by atoms with E-state index in [0.717, 1.165) is 55.1 Å². The Bertz CT molecular complexity index is 777. The van der Waals surface area contributed by atoms with Gasteiger partial charge in [0, 0.05) is 39.3 Å². The number of aryl methyl sites for hydroxylation is 2. The van der Waals surface area contributed by atoms with Gasteiger partial charge in [-0.3, -0.25) is 9.69 Å². The van der Waals surface area contributed by atoms with Gasteiger partial charge in [-0.25, -0.2) is 0 Å². The highest BCUT2D eigenvalue weighted by Gasteiger charge is 2.19. The van der Waals surface area contributed by atoms with Gasteiger partial charge in [-0.05, 0) is 47.4 Å². The number of piperazine rings is 1. The van der Waals surface area contributed by atoms with E-state index in [1.807, 2.05) is 13.8 Å². The van der Waals surface area contributed by atoms with Crippen molar-refractivity contribution in [3.63, 3.8) is 0 Å². The van der Waals surface area contributed by atoms with Crippen molar-refractivity contribution < 1.29 is 9.21 Å². The number of nitrogens with zero attached hydrogens (tertiary/aromatic N) is 2. The van der Waals surface area contributed by atoms with E-state index in [-0.39, 0.29) is 5.91 Å². The van der Waals surface area contributed by atoms with Crippen LogP contribution in [-0.2, 0) is 13.1 Å². The number of carbonyl (C=O) groups is 1. The molecular weight excluding hydrogens is 406 g/mol. The highest BCUT2D eigenvalue weighted by molar-refractivity contribution is 9.10. The number of halogens is 1. The first-order chi connectivity index (χ1) is 13.0. The lowest BCUT2D eigenvalue weighted by atomic mass is 10.1. The number of carbonyl (C=O) groups excluding carboxylic acids is 1. The number of furan rings is 1. The Kier molecular flexibility index (Phi) is 6.73. The van der Waals surface area contributed by atoms with E-state index < -0.39 is 0 Å². The summed E-state index contributed by atoms with van der Waals surface area (Å²) >= 11 is 3.43. The van der Waals surface area contributed by atoms with Crippen LogP contribution in [0.15, 0.2) is 33.2 Å². The van der Waals surface area contributed by atoms with Crippen LogP contribution in [0, 0.1) is 13.8 Å². The second-order valence-corrected chi connectivity index (χ2v) is 7.91. The molecule has 3 rings (SSSR count). The SMILES string of the molecule is CCN1CCN(Cc2ccc(CNC(=O)c3c(C)oc(C)c3Br)cc2)CC1. The van der Waals surface area contributed by atoms with Crippen LogP contribution in [0.1, 0.15) is 39.9 Å². The second kappa shape index (κ2) is 9.04. The summed E-state index contributed by atoms with van der Waals surface area (Å²) in [5, 5.41) is 2.98. The van der Waals surface area contributed by atoms with Crippen molar-refractivity contribution in [2.75, 3.05) is 32.7 Å². The summed E-state index contributed by atoms with van der Waals surface area (Å²) in [4.78, 5) is 17.4. The van der Waals surface area contributed by atoms with Crippen LogP contribution in [-0.4, -0.2) is 48.4 Å². The topological polar surface area (TPSA) is 48.7 Å². The molecule has 0 bridgehead atoms. The molecule has 6 heteroatoms. The molecule has 1 aromatic carbocycles. The molecule has 0 saturated carbocycles. The summed E-state index contributed by atoms with van der Waals surface area (Å²) < 4.78 is 6.24. The molecule has 1 amide bonds. The highest BCUT2D eigenvalue weighted by Crippen LogP contribution is 2.27. The predicted molar refractivity (Wildman–Crippen MR) is 111 cm³/mol. The molecule has 27 heavy (non-hydrogen) atoms. The van der Waals surface area contributed by atoms with Crippen LogP contribution in [0.2, 0.25) is 0 Å². The maximum Gasteiger partial charge on any atom is 0.256 e. The first kappa shape index (κ1) is 20.1. The quantitative estimate of drug-likeness (QED) is 0.753. The number of benzene rings is 1. The van der Waals surface area contributed by atoms with Crippen molar-refractivity contribution in [1.82, 2.24) is 15.1 Å². The van der Waals surface area contributed by atoms with Gasteiger partial charge in [0.25, 0.3) is 5.91 Å². The fourth-order valence-electron chi connectivity index (χ4n) is 3.47. The first-order valence-electron chi connectivity index (χ1n) is 9.54. The lowest BCUT2D eigenvalue weighted by Crippen LogP contribution is -2.45. The molecule has 1 fully saturated rings. The van der Waals surface area contributed by atoms with Crippen molar-refractivity contribution >= 4 is 21.8 Å². The summed E-state index contributed by atoms with van der Waals surface area (Å²) in [6, 6.07) is 8.52. The smallest absolute Gasteiger partial charge is 0.256 e. The van der Waals surface area contributed by atoms with Crippen molar-refractivity contribution in [1.29, 1.82) is 0 Å². The summed E-state index contributed by atoms with van der Waals surface area (Å²) in [6.07, 6.45) is 0. The van der Waals surface area contributed by atoms with E-state index in [1.165, 1.54) is 5.56 Å². The molecule has 146 valence electrons. The van der Waals surface area contributed by atoms with Gasteiger partial charge in [-0.1, -0.05) is 31.2 Å². The Morgan fingerprint density at radius 3 is 2.19 bits per heavy atom. The second-order valence-electron chi connectivity index (χ2n) is 7.11. The number of hydrogen-bond donors (Lipinski definition) is 1. The largest absolute Gasteiger partial charge is 0.465 e. The molecule has 2 heterocycles. The molecule has 1 aliphatic rings. The third-order valence-electron chi connectivity index (χ3n) is 5.21. The Morgan fingerprint density at radius 1 is 1.04 bits per heavy atom. The van der Waals surface area contributed by atoms with Crippen LogP contribution in [0.25, 0.3) is 0 Å². The zero-order valence-corrected chi connectivity index (χ0v) is 17.9. The number of rotatable bonds is 6. The molecule has 2 aromatic rings. The molecule has 0 radical (unpaired) electrons. The van der Waals surface area contributed by atoms with E-state index in [2.05, 4.69) is 62.2 Å². The van der Waals surface area contributed by atoms with Crippen LogP contribution < -0.4 is 5.32 Å². The number of amides is 1. The third kappa shape index (κ3) is 5.00. The maximum atomic E-state index is 12.4. The number of likely N-dealkylation sites (N-methyl/N-ethyl adjacent to an activating group) is 1. The molecule has 1 aromatic heterocycles. The van der Waals surface area contributed by atoms with Gasteiger partial charge in [-0.2, -0.15) is 0 Å². The molecule has 0 unspecified atom stereocenters. The molecule has 1 N–H and O–H groups in total. The minimum atomic E-state index is -0.117. The molecule has 1 saturated heterocycles. The van der Waals surface area contributed by atoms with Crippen molar-refractivity contribution in [2.24, 2.45) is 0 Å². The fraction of sp³-hybridized carbons (Fsp3) is 0.476. The molecule has 0 aliphatic carbocycles.